The Kier molecular flexibility index (Phi) is 7.53. The Labute approximate surface area is 189 Å². The number of amides is 1. The van der Waals surface area contributed by atoms with Gasteiger partial charge in [0.25, 0.3) is 5.91 Å². The third kappa shape index (κ3) is 6.02. The Morgan fingerprint density at radius 1 is 1.21 bits per heavy atom. The predicted octanol–water partition coefficient (Wildman–Crippen LogP) is 2.54. The van der Waals surface area contributed by atoms with Crippen molar-refractivity contribution in [2.75, 3.05) is 13.7 Å². The molecule has 0 radical (unpaired) electrons. The SMILES string of the molecule is COc1ccc(/C=N\NC(=O)CN(Cc2ccco2)S(=O)(=O)c2ccccc2)cc1[N+](=O)[O-]. The lowest BCUT2D eigenvalue weighted by molar-refractivity contribution is -0.385. The lowest BCUT2D eigenvalue weighted by atomic mass is 10.2. The molecule has 0 fully saturated rings. The number of carbonyl (C=O) groups is 1. The molecular formula is C21H20N4O7S. The molecule has 33 heavy (non-hydrogen) atoms. The Morgan fingerprint density at radius 3 is 2.61 bits per heavy atom. The Bertz CT molecular complexity index is 1240. The zero-order valence-electron chi connectivity index (χ0n) is 17.5. The highest BCUT2D eigenvalue weighted by atomic mass is 32.2. The van der Waals surface area contributed by atoms with E-state index in [1.807, 2.05) is 0 Å². The van der Waals surface area contributed by atoms with Crippen molar-refractivity contribution in [3.8, 4) is 5.75 Å². The minimum atomic E-state index is -4.00. The Morgan fingerprint density at radius 2 is 1.97 bits per heavy atom. The standard InChI is InChI=1S/C21H20N4O7S/c1-31-20-10-9-16(12-19(20)25(27)28)13-22-23-21(26)15-24(14-17-6-5-11-32-17)33(29,30)18-7-3-2-4-8-18/h2-13H,14-15H2,1H3,(H,23,26)/b22-13-. The van der Waals surface area contributed by atoms with Gasteiger partial charge in [0.1, 0.15) is 5.76 Å². The molecule has 3 rings (SSSR count). The normalized spacial score (nSPS) is 11.6. The zero-order chi connectivity index (χ0) is 23.8. The third-order valence-corrected chi connectivity index (χ3v) is 6.22. The van der Waals surface area contributed by atoms with Gasteiger partial charge in [0.2, 0.25) is 10.0 Å². The number of rotatable bonds is 10. The number of ether oxygens (including phenoxy) is 1. The Balaban J connectivity index is 1.73. The summed E-state index contributed by atoms with van der Waals surface area (Å²) in [5, 5.41) is 14.9. The molecule has 3 aromatic rings. The van der Waals surface area contributed by atoms with Crippen molar-refractivity contribution in [3.63, 3.8) is 0 Å². The molecule has 0 unspecified atom stereocenters. The summed E-state index contributed by atoms with van der Waals surface area (Å²) in [7, 11) is -2.69. The van der Waals surface area contributed by atoms with Crippen molar-refractivity contribution < 1.29 is 27.3 Å². The van der Waals surface area contributed by atoms with Crippen molar-refractivity contribution in [1.82, 2.24) is 9.73 Å². The molecule has 0 aliphatic carbocycles. The topological polar surface area (TPSA) is 144 Å². The van der Waals surface area contributed by atoms with E-state index in [2.05, 4.69) is 10.5 Å². The first-order valence-corrected chi connectivity index (χ1v) is 11.0. The average Bonchev–Trinajstić information content (AvgIpc) is 3.32. The monoisotopic (exact) mass is 472 g/mol. The second kappa shape index (κ2) is 10.5. The molecule has 1 heterocycles. The summed E-state index contributed by atoms with van der Waals surface area (Å²) in [6.45, 7) is -0.690. The minimum Gasteiger partial charge on any atom is -0.490 e. The van der Waals surface area contributed by atoms with Crippen LogP contribution in [0.4, 0.5) is 5.69 Å². The lowest BCUT2D eigenvalue weighted by Gasteiger charge is -2.20. The van der Waals surface area contributed by atoms with E-state index in [0.29, 0.717) is 11.3 Å². The van der Waals surface area contributed by atoms with Crippen LogP contribution in [0.2, 0.25) is 0 Å². The van der Waals surface area contributed by atoms with Crippen molar-refractivity contribution >= 4 is 27.8 Å². The number of sulfonamides is 1. The van der Waals surface area contributed by atoms with E-state index in [9.17, 15) is 23.3 Å². The molecule has 11 nitrogen and oxygen atoms in total. The summed E-state index contributed by atoms with van der Waals surface area (Å²) in [5.74, 6) is -0.266. The number of furan rings is 1. The number of methoxy groups -OCH3 is 1. The highest BCUT2D eigenvalue weighted by Crippen LogP contribution is 2.26. The summed E-state index contributed by atoms with van der Waals surface area (Å²) in [6.07, 6.45) is 2.61. The number of benzene rings is 2. The molecular weight excluding hydrogens is 452 g/mol. The number of nitro groups is 1. The van der Waals surface area contributed by atoms with Crippen LogP contribution >= 0.6 is 0 Å². The molecule has 0 saturated carbocycles. The fourth-order valence-corrected chi connectivity index (χ4v) is 4.23. The van der Waals surface area contributed by atoms with Crippen LogP contribution in [0.5, 0.6) is 5.75 Å². The van der Waals surface area contributed by atoms with Crippen LogP contribution in [0, 0.1) is 10.1 Å². The first kappa shape index (κ1) is 23.6. The molecule has 12 heteroatoms. The second-order valence-corrected chi connectivity index (χ2v) is 8.59. The van der Waals surface area contributed by atoms with Crippen LogP contribution < -0.4 is 10.2 Å². The lowest BCUT2D eigenvalue weighted by Crippen LogP contribution is -2.38. The summed E-state index contributed by atoms with van der Waals surface area (Å²) < 4.78 is 37.2. The molecule has 0 spiro atoms. The number of carbonyl (C=O) groups excluding carboxylic acids is 1. The minimum absolute atomic E-state index is 0.0263. The largest absolute Gasteiger partial charge is 0.490 e. The summed E-state index contributed by atoms with van der Waals surface area (Å²) in [4.78, 5) is 23.0. The van der Waals surface area contributed by atoms with Crippen molar-refractivity contribution in [1.29, 1.82) is 0 Å². The molecule has 1 aromatic heterocycles. The molecule has 0 bridgehead atoms. The van der Waals surface area contributed by atoms with Crippen LogP contribution in [0.15, 0.2) is 81.3 Å². The number of nitrogens with zero attached hydrogens (tertiary/aromatic N) is 3. The highest BCUT2D eigenvalue weighted by Gasteiger charge is 2.27. The number of hydrogen-bond acceptors (Lipinski definition) is 8. The third-order valence-electron chi connectivity index (χ3n) is 4.42. The average molecular weight is 472 g/mol. The van der Waals surface area contributed by atoms with Crippen molar-refractivity contribution in [2.45, 2.75) is 11.4 Å². The van der Waals surface area contributed by atoms with Crippen LogP contribution in [0.3, 0.4) is 0 Å². The van der Waals surface area contributed by atoms with Gasteiger partial charge in [-0.25, -0.2) is 13.8 Å². The van der Waals surface area contributed by atoms with Crippen LogP contribution in [-0.2, 0) is 21.4 Å². The highest BCUT2D eigenvalue weighted by molar-refractivity contribution is 7.89. The van der Waals surface area contributed by atoms with E-state index >= 15 is 0 Å². The molecule has 0 aliphatic rings. The van der Waals surface area contributed by atoms with E-state index in [-0.39, 0.29) is 22.9 Å². The van der Waals surface area contributed by atoms with E-state index in [1.165, 1.54) is 49.9 Å². The first-order chi connectivity index (χ1) is 15.8. The molecule has 0 saturated heterocycles. The number of nitro benzene ring substituents is 1. The molecule has 1 amide bonds. The molecule has 0 aliphatic heterocycles. The van der Waals surface area contributed by atoms with Gasteiger partial charge in [-0.1, -0.05) is 18.2 Å². The van der Waals surface area contributed by atoms with Gasteiger partial charge in [-0.3, -0.25) is 14.9 Å². The van der Waals surface area contributed by atoms with Crippen molar-refractivity contribution in [3.05, 3.63) is 88.4 Å². The van der Waals surface area contributed by atoms with E-state index < -0.39 is 27.4 Å². The van der Waals surface area contributed by atoms with Crippen LogP contribution in [0.25, 0.3) is 0 Å². The molecule has 0 atom stereocenters. The fraction of sp³-hybridized carbons (Fsp3) is 0.143. The molecule has 1 N–H and O–H groups in total. The quantitative estimate of drug-likeness (QED) is 0.271. The van der Waals surface area contributed by atoms with Gasteiger partial charge < -0.3 is 9.15 Å². The summed E-state index contributed by atoms with van der Waals surface area (Å²) >= 11 is 0. The number of hydrazone groups is 1. The summed E-state index contributed by atoms with van der Waals surface area (Å²) in [6, 6.07) is 15.1. The smallest absolute Gasteiger partial charge is 0.311 e. The van der Waals surface area contributed by atoms with E-state index in [1.54, 1.807) is 30.3 Å². The van der Waals surface area contributed by atoms with Crippen LogP contribution in [-0.4, -0.2) is 43.4 Å². The first-order valence-electron chi connectivity index (χ1n) is 9.53. The number of hydrogen-bond donors (Lipinski definition) is 1. The zero-order valence-corrected chi connectivity index (χ0v) is 18.3. The summed E-state index contributed by atoms with van der Waals surface area (Å²) in [5.41, 5.74) is 2.32. The van der Waals surface area contributed by atoms with E-state index in [4.69, 9.17) is 9.15 Å². The van der Waals surface area contributed by atoms with Gasteiger partial charge in [0, 0.05) is 11.6 Å². The Hall–Kier alpha value is -4.03. The molecule has 172 valence electrons. The van der Waals surface area contributed by atoms with E-state index in [0.717, 1.165) is 4.31 Å². The number of nitrogens with one attached hydrogen (secondary N) is 1. The van der Waals surface area contributed by atoms with Gasteiger partial charge in [0.05, 0.1) is 42.5 Å². The maximum Gasteiger partial charge on any atom is 0.311 e. The van der Waals surface area contributed by atoms with Gasteiger partial charge >= 0.3 is 5.69 Å². The van der Waals surface area contributed by atoms with Gasteiger partial charge in [-0.2, -0.15) is 9.41 Å². The predicted molar refractivity (Wildman–Crippen MR) is 118 cm³/mol. The van der Waals surface area contributed by atoms with Crippen LogP contribution in [0.1, 0.15) is 11.3 Å². The maximum absolute atomic E-state index is 13.0. The van der Waals surface area contributed by atoms with Crippen molar-refractivity contribution in [2.24, 2.45) is 5.10 Å². The van der Waals surface area contributed by atoms with Gasteiger partial charge in [0.15, 0.2) is 5.75 Å². The molecule has 2 aromatic carbocycles. The fourth-order valence-electron chi connectivity index (χ4n) is 2.85. The maximum atomic E-state index is 13.0. The van der Waals surface area contributed by atoms with Gasteiger partial charge in [-0.05, 0) is 36.4 Å². The second-order valence-electron chi connectivity index (χ2n) is 6.65. The van der Waals surface area contributed by atoms with Gasteiger partial charge in [-0.15, -0.1) is 0 Å².